The molecule has 142 valence electrons. The molecule has 7 nitrogen and oxygen atoms in total. The molecule has 1 aliphatic heterocycles. The molecule has 0 unspecified atom stereocenters. The van der Waals surface area contributed by atoms with E-state index in [1.165, 1.54) is 34.1 Å². The summed E-state index contributed by atoms with van der Waals surface area (Å²) in [6, 6.07) is 6.74. The van der Waals surface area contributed by atoms with Crippen LogP contribution >= 0.6 is 23.1 Å². The van der Waals surface area contributed by atoms with Crippen molar-refractivity contribution in [3.05, 3.63) is 61.7 Å². The molecule has 1 amide bonds. The summed E-state index contributed by atoms with van der Waals surface area (Å²) in [4.78, 5) is 35.0. The Balaban J connectivity index is 1.73. The second kappa shape index (κ2) is 7.70. The highest BCUT2D eigenvalue weighted by molar-refractivity contribution is 8.18. The summed E-state index contributed by atoms with van der Waals surface area (Å²) in [6.07, 6.45) is 3.39. The maximum absolute atomic E-state index is 12.7. The third kappa shape index (κ3) is 3.64. The lowest BCUT2D eigenvalue weighted by Crippen LogP contribution is -2.31. The van der Waals surface area contributed by atoms with Crippen LogP contribution in [0.4, 0.5) is 5.69 Å². The minimum atomic E-state index is -0.421. The average Bonchev–Trinajstić information content (AvgIpc) is 3.26. The highest BCUT2D eigenvalue weighted by Crippen LogP contribution is 2.34. The molecule has 0 bridgehead atoms. The number of aliphatic imine (C=N–C) groups is 1. The fourth-order valence-electron chi connectivity index (χ4n) is 2.80. The van der Waals surface area contributed by atoms with Crippen molar-refractivity contribution in [2.24, 2.45) is 4.99 Å². The van der Waals surface area contributed by atoms with Crippen LogP contribution in [0.5, 0.6) is 0 Å². The molecule has 1 aliphatic rings. The number of amides is 1. The number of thiazole rings is 1. The van der Waals surface area contributed by atoms with Crippen molar-refractivity contribution < 1.29 is 14.3 Å². The van der Waals surface area contributed by atoms with Crippen molar-refractivity contribution in [1.29, 1.82) is 0 Å². The third-order valence-electron chi connectivity index (χ3n) is 4.08. The van der Waals surface area contributed by atoms with E-state index in [0.29, 0.717) is 21.3 Å². The molecule has 0 spiro atoms. The molecule has 9 heteroatoms. The molecule has 1 N–H and O–H groups in total. The first-order valence-electron chi connectivity index (χ1n) is 8.40. The predicted octanol–water partition coefficient (Wildman–Crippen LogP) is 3.15. The number of carbonyl (C=O) groups is 1. The first-order valence-corrected chi connectivity index (χ1v) is 10.1. The summed E-state index contributed by atoms with van der Waals surface area (Å²) in [5.74, 6) is -0.226. The summed E-state index contributed by atoms with van der Waals surface area (Å²) in [5.41, 5.74) is 1.39. The van der Waals surface area contributed by atoms with Gasteiger partial charge in [-0.3, -0.25) is 9.69 Å². The number of aliphatic hydroxyl groups excluding tert-OH is 1. The zero-order valence-corrected chi connectivity index (χ0v) is 16.4. The van der Waals surface area contributed by atoms with Gasteiger partial charge in [0, 0.05) is 29.1 Å². The SMILES string of the molecule is Cc1cc(=O)oc2cc(N=C3S/C(=C\c4nccs4)C(=O)N3CCO)ccc12. The number of benzene rings is 1. The molecule has 3 aromatic rings. The van der Waals surface area contributed by atoms with Crippen molar-refractivity contribution in [3.8, 4) is 0 Å². The smallest absolute Gasteiger partial charge is 0.336 e. The number of fused-ring (bicyclic) bond motifs is 1. The quantitative estimate of drug-likeness (QED) is 0.521. The Labute approximate surface area is 168 Å². The summed E-state index contributed by atoms with van der Waals surface area (Å²) in [5, 5.41) is 13.2. The fourth-order valence-corrected chi connectivity index (χ4v) is 4.44. The highest BCUT2D eigenvalue weighted by atomic mass is 32.2. The minimum Gasteiger partial charge on any atom is -0.423 e. The molecule has 2 aromatic heterocycles. The maximum atomic E-state index is 12.7. The Morgan fingerprint density at radius 3 is 2.93 bits per heavy atom. The molecule has 0 saturated carbocycles. The van der Waals surface area contributed by atoms with Crippen LogP contribution in [0.1, 0.15) is 10.6 Å². The van der Waals surface area contributed by atoms with E-state index < -0.39 is 5.63 Å². The van der Waals surface area contributed by atoms with Crippen LogP contribution in [0.15, 0.2) is 55.0 Å². The minimum absolute atomic E-state index is 0.141. The van der Waals surface area contributed by atoms with Crippen LogP contribution in [-0.4, -0.2) is 39.2 Å². The number of hydrogen-bond donors (Lipinski definition) is 1. The van der Waals surface area contributed by atoms with Gasteiger partial charge in [0.05, 0.1) is 23.7 Å². The van der Waals surface area contributed by atoms with Crippen LogP contribution in [0.2, 0.25) is 0 Å². The van der Waals surface area contributed by atoms with Gasteiger partial charge in [-0.15, -0.1) is 11.3 Å². The normalized spacial score (nSPS) is 17.4. The number of nitrogens with zero attached hydrogens (tertiary/aromatic N) is 3. The molecule has 0 aliphatic carbocycles. The second-order valence-corrected chi connectivity index (χ2v) is 7.92. The monoisotopic (exact) mass is 413 g/mol. The zero-order chi connectivity index (χ0) is 19.7. The van der Waals surface area contributed by atoms with Crippen LogP contribution in [0, 0.1) is 6.92 Å². The molecule has 3 heterocycles. The van der Waals surface area contributed by atoms with Gasteiger partial charge in [-0.25, -0.2) is 14.8 Å². The average molecular weight is 413 g/mol. The van der Waals surface area contributed by atoms with Crippen LogP contribution in [0.3, 0.4) is 0 Å². The molecule has 1 fully saturated rings. The number of amidine groups is 1. The zero-order valence-electron chi connectivity index (χ0n) is 14.8. The predicted molar refractivity (Wildman–Crippen MR) is 111 cm³/mol. The molecule has 4 rings (SSSR count). The van der Waals surface area contributed by atoms with Crippen LogP contribution in [0.25, 0.3) is 17.0 Å². The van der Waals surface area contributed by atoms with Gasteiger partial charge < -0.3 is 9.52 Å². The van der Waals surface area contributed by atoms with Gasteiger partial charge in [-0.05, 0) is 42.5 Å². The van der Waals surface area contributed by atoms with E-state index in [9.17, 15) is 14.7 Å². The highest BCUT2D eigenvalue weighted by Gasteiger charge is 2.33. The molecule has 28 heavy (non-hydrogen) atoms. The molecular weight excluding hydrogens is 398 g/mol. The van der Waals surface area contributed by atoms with Gasteiger partial charge in [0.1, 0.15) is 10.6 Å². The number of carbonyl (C=O) groups excluding carboxylic acids is 1. The van der Waals surface area contributed by atoms with Crippen molar-refractivity contribution in [2.45, 2.75) is 6.92 Å². The maximum Gasteiger partial charge on any atom is 0.336 e. The largest absolute Gasteiger partial charge is 0.423 e. The van der Waals surface area contributed by atoms with Gasteiger partial charge in [0.15, 0.2) is 5.17 Å². The Bertz CT molecular complexity index is 1170. The van der Waals surface area contributed by atoms with Crippen LogP contribution < -0.4 is 5.63 Å². The lowest BCUT2D eigenvalue weighted by atomic mass is 10.1. The van der Waals surface area contributed by atoms with E-state index in [-0.39, 0.29) is 19.1 Å². The van der Waals surface area contributed by atoms with E-state index in [1.807, 2.05) is 18.4 Å². The van der Waals surface area contributed by atoms with Gasteiger partial charge in [0.2, 0.25) is 0 Å². The van der Waals surface area contributed by atoms with E-state index in [0.717, 1.165) is 16.0 Å². The summed E-state index contributed by atoms with van der Waals surface area (Å²) in [6.45, 7) is 1.80. The van der Waals surface area contributed by atoms with E-state index in [2.05, 4.69) is 9.98 Å². The lowest BCUT2D eigenvalue weighted by Gasteiger charge is -2.13. The molecule has 0 radical (unpaired) electrons. The molecular formula is C19H15N3O4S2. The Hall–Kier alpha value is -2.75. The van der Waals surface area contributed by atoms with E-state index >= 15 is 0 Å². The van der Waals surface area contributed by atoms with Gasteiger partial charge in [-0.2, -0.15) is 0 Å². The second-order valence-electron chi connectivity index (χ2n) is 5.98. The van der Waals surface area contributed by atoms with Crippen molar-refractivity contribution >= 4 is 56.9 Å². The summed E-state index contributed by atoms with van der Waals surface area (Å²) >= 11 is 2.66. The number of aryl methyl sites for hydroxylation is 1. The number of rotatable bonds is 4. The third-order valence-corrected chi connectivity index (χ3v) is 5.81. The molecule has 1 saturated heterocycles. The van der Waals surface area contributed by atoms with Gasteiger partial charge in [0.25, 0.3) is 5.91 Å². The number of β-amino-alcohol motifs (C(OH)–C–C–N with tert-alkyl or cyclic N) is 1. The molecule has 1 aromatic carbocycles. The Morgan fingerprint density at radius 2 is 2.18 bits per heavy atom. The summed E-state index contributed by atoms with van der Waals surface area (Å²) < 4.78 is 5.26. The number of aromatic nitrogens is 1. The first-order chi connectivity index (χ1) is 13.5. The number of aliphatic hydroxyl groups is 1. The van der Waals surface area contributed by atoms with E-state index in [1.54, 1.807) is 24.4 Å². The van der Waals surface area contributed by atoms with Crippen LogP contribution in [-0.2, 0) is 4.79 Å². The fraction of sp³-hybridized carbons (Fsp3) is 0.158. The number of thioether (sulfide) groups is 1. The molecule has 0 atom stereocenters. The summed E-state index contributed by atoms with van der Waals surface area (Å²) in [7, 11) is 0. The van der Waals surface area contributed by atoms with Crippen molar-refractivity contribution in [2.75, 3.05) is 13.2 Å². The van der Waals surface area contributed by atoms with Crippen molar-refractivity contribution in [3.63, 3.8) is 0 Å². The Kier molecular flexibility index (Phi) is 5.12. The van der Waals surface area contributed by atoms with Gasteiger partial charge in [-0.1, -0.05) is 0 Å². The lowest BCUT2D eigenvalue weighted by molar-refractivity contribution is -0.122. The van der Waals surface area contributed by atoms with Gasteiger partial charge >= 0.3 is 5.63 Å². The van der Waals surface area contributed by atoms with E-state index in [4.69, 9.17) is 4.42 Å². The Morgan fingerprint density at radius 1 is 1.32 bits per heavy atom. The number of hydrogen-bond acceptors (Lipinski definition) is 8. The topological polar surface area (TPSA) is 96.0 Å². The standard InChI is InChI=1S/C19H15N3O4S2/c1-11-8-17(24)26-14-9-12(2-3-13(11)14)21-19-22(5-6-23)18(25)15(28-19)10-16-20-4-7-27-16/h2-4,7-10,23H,5-6H2,1H3/b15-10-,21-19?. The first kappa shape index (κ1) is 18.6. The van der Waals surface area contributed by atoms with Crippen molar-refractivity contribution in [1.82, 2.24) is 9.88 Å².